The van der Waals surface area contributed by atoms with E-state index >= 15 is 0 Å². The molecule has 1 saturated heterocycles. The average Bonchev–Trinajstić information content (AvgIpc) is 2.42. The Hall–Kier alpha value is -0.120. The van der Waals surface area contributed by atoms with E-state index in [1.807, 2.05) is 0 Å². The number of nitrogens with two attached hydrogens (primary N) is 1. The summed E-state index contributed by atoms with van der Waals surface area (Å²) in [5, 5.41) is 0. The third kappa shape index (κ3) is 3.20. The molecule has 3 heteroatoms. The van der Waals surface area contributed by atoms with Gasteiger partial charge in [-0.15, -0.1) is 0 Å². The second kappa shape index (κ2) is 6.76. The summed E-state index contributed by atoms with van der Waals surface area (Å²) in [7, 11) is 4.39. The molecule has 0 radical (unpaired) electrons. The smallest absolute Gasteiger partial charge is 0.0359 e. The Bertz CT molecular complexity index is 297. The molecule has 1 heterocycles. The van der Waals surface area contributed by atoms with E-state index in [0.29, 0.717) is 5.54 Å². The van der Waals surface area contributed by atoms with E-state index in [0.717, 1.165) is 24.3 Å². The first kappa shape index (κ1) is 16.3. The minimum atomic E-state index is 0.292. The van der Waals surface area contributed by atoms with Gasteiger partial charge >= 0.3 is 0 Å². The van der Waals surface area contributed by atoms with Gasteiger partial charge in [-0.3, -0.25) is 4.90 Å². The molecular weight excluding hydrogens is 246 g/mol. The first-order chi connectivity index (χ1) is 9.49. The Kier molecular flexibility index (Phi) is 5.49. The van der Waals surface area contributed by atoms with Gasteiger partial charge in [0.25, 0.3) is 0 Å². The zero-order valence-corrected chi connectivity index (χ0v) is 14.1. The Morgan fingerprint density at radius 2 is 1.80 bits per heavy atom. The topological polar surface area (TPSA) is 32.5 Å². The van der Waals surface area contributed by atoms with Crippen LogP contribution in [-0.2, 0) is 0 Å². The number of hydrogen-bond donors (Lipinski definition) is 1. The lowest BCUT2D eigenvalue weighted by Gasteiger charge is -2.54. The molecule has 3 unspecified atom stereocenters. The third-order valence-corrected chi connectivity index (χ3v) is 6.19. The Labute approximate surface area is 125 Å². The fraction of sp³-hybridized carbons (Fsp3) is 1.00. The number of rotatable bonds is 4. The van der Waals surface area contributed by atoms with Crippen LogP contribution < -0.4 is 5.73 Å². The lowest BCUT2D eigenvalue weighted by molar-refractivity contribution is -0.0312. The fourth-order valence-electron chi connectivity index (χ4n) is 4.68. The predicted octanol–water partition coefficient (Wildman–Crippen LogP) is 2.41. The summed E-state index contributed by atoms with van der Waals surface area (Å²) < 4.78 is 0. The Morgan fingerprint density at radius 3 is 2.35 bits per heavy atom. The van der Waals surface area contributed by atoms with Gasteiger partial charge in [0, 0.05) is 18.6 Å². The minimum Gasteiger partial charge on any atom is -0.329 e. The highest BCUT2D eigenvalue weighted by molar-refractivity contribution is 5.01. The highest BCUT2D eigenvalue weighted by atomic mass is 15.2. The molecule has 0 aromatic rings. The summed E-state index contributed by atoms with van der Waals surface area (Å²) in [6, 6.07) is 0. The van der Waals surface area contributed by atoms with Crippen molar-refractivity contribution in [2.24, 2.45) is 23.5 Å². The second-order valence-electron chi connectivity index (χ2n) is 7.66. The summed E-state index contributed by atoms with van der Waals surface area (Å²) >= 11 is 0. The third-order valence-electron chi connectivity index (χ3n) is 6.19. The van der Waals surface area contributed by atoms with Crippen molar-refractivity contribution in [3.8, 4) is 0 Å². The SMILES string of the molecule is CC1CCCC(CN)(N2CCC(CN(C)C)CC2)C1C. The second-order valence-corrected chi connectivity index (χ2v) is 7.66. The van der Waals surface area contributed by atoms with Gasteiger partial charge in [-0.1, -0.05) is 26.7 Å². The molecule has 0 bridgehead atoms. The maximum atomic E-state index is 6.29. The molecule has 1 aliphatic carbocycles. The molecular formula is C17H35N3. The molecule has 2 aliphatic rings. The van der Waals surface area contributed by atoms with Gasteiger partial charge in [-0.05, 0) is 64.2 Å². The lowest BCUT2D eigenvalue weighted by atomic mass is 9.66. The standard InChI is InChI=1S/C17H35N3/c1-14-6-5-9-17(13-18,15(14)2)20-10-7-16(8-11-20)12-19(3)4/h14-16H,5-13,18H2,1-4H3. The maximum absolute atomic E-state index is 6.29. The first-order valence-corrected chi connectivity index (χ1v) is 8.59. The van der Waals surface area contributed by atoms with E-state index in [1.54, 1.807) is 0 Å². The molecule has 1 saturated carbocycles. The van der Waals surface area contributed by atoms with Crippen LogP contribution in [0.25, 0.3) is 0 Å². The van der Waals surface area contributed by atoms with Crippen LogP contribution in [0.4, 0.5) is 0 Å². The molecule has 3 nitrogen and oxygen atoms in total. The summed E-state index contributed by atoms with van der Waals surface area (Å²) in [4.78, 5) is 5.10. The summed E-state index contributed by atoms with van der Waals surface area (Å²) in [5.41, 5.74) is 6.58. The van der Waals surface area contributed by atoms with Gasteiger partial charge in [-0.25, -0.2) is 0 Å². The van der Waals surface area contributed by atoms with E-state index in [2.05, 4.69) is 37.7 Å². The molecule has 2 rings (SSSR count). The first-order valence-electron chi connectivity index (χ1n) is 8.59. The average molecular weight is 281 g/mol. The van der Waals surface area contributed by atoms with E-state index in [9.17, 15) is 0 Å². The van der Waals surface area contributed by atoms with Gasteiger partial charge in [0.15, 0.2) is 0 Å². The van der Waals surface area contributed by atoms with Gasteiger partial charge < -0.3 is 10.6 Å². The van der Waals surface area contributed by atoms with E-state index in [-0.39, 0.29) is 0 Å². The largest absolute Gasteiger partial charge is 0.329 e. The monoisotopic (exact) mass is 281 g/mol. The zero-order chi connectivity index (χ0) is 14.8. The van der Waals surface area contributed by atoms with Crippen molar-refractivity contribution in [1.29, 1.82) is 0 Å². The van der Waals surface area contributed by atoms with E-state index < -0.39 is 0 Å². The zero-order valence-electron chi connectivity index (χ0n) is 14.1. The summed E-state index contributed by atoms with van der Waals surface area (Å²) in [6.07, 6.45) is 6.76. The van der Waals surface area contributed by atoms with Crippen molar-refractivity contribution < 1.29 is 0 Å². The highest BCUT2D eigenvalue weighted by Crippen LogP contribution is 2.42. The van der Waals surface area contributed by atoms with Crippen LogP contribution in [0.3, 0.4) is 0 Å². The Morgan fingerprint density at radius 1 is 1.15 bits per heavy atom. The van der Waals surface area contributed by atoms with Gasteiger partial charge in [0.2, 0.25) is 0 Å². The van der Waals surface area contributed by atoms with Crippen LogP contribution in [0.5, 0.6) is 0 Å². The molecule has 0 aromatic carbocycles. The van der Waals surface area contributed by atoms with Crippen molar-refractivity contribution >= 4 is 0 Å². The van der Waals surface area contributed by atoms with Crippen molar-refractivity contribution in [2.75, 3.05) is 40.3 Å². The predicted molar refractivity (Wildman–Crippen MR) is 86.8 cm³/mol. The van der Waals surface area contributed by atoms with Crippen LogP contribution in [0, 0.1) is 17.8 Å². The van der Waals surface area contributed by atoms with E-state index in [4.69, 9.17) is 5.73 Å². The molecule has 1 aliphatic heterocycles. The fourth-order valence-corrected chi connectivity index (χ4v) is 4.68. The van der Waals surface area contributed by atoms with Crippen LogP contribution in [0.1, 0.15) is 46.0 Å². The van der Waals surface area contributed by atoms with Gasteiger partial charge in [-0.2, -0.15) is 0 Å². The molecule has 0 amide bonds. The van der Waals surface area contributed by atoms with Crippen LogP contribution in [0.2, 0.25) is 0 Å². The number of hydrogen-bond acceptors (Lipinski definition) is 3. The van der Waals surface area contributed by atoms with Crippen molar-refractivity contribution in [3.05, 3.63) is 0 Å². The van der Waals surface area contributed by atoms with E-state index in [1.165, 1.54) is 51.7 Å². The molecule has 118 valence electrons. The Balaban J connectivity index is 1.99. The number of nitrogens with zero attached hydrogens (tertiary/aromatic N) is 2. The molecule has 2 fully saturated rings. The number of piperidine rings is 1. The van der Waals surface area contributed by atoms with Crippen molar-refractivity contribution in [2.45, 2.75) is 51.5 Å². The summed E-state index contributed by atoms with van der Waals surface area (Å²) in [5.74, 6) is 2.45. The van der Waals surface area contributed by atoms with Crippen LogP contribution in [-0.4, -0.2) is 55.6 Å². The molecule has 20 heavy (non-hydrogen) atoms. The normalized spacial score (nSPS) is 37.5. The maximum Gasteiger partial charge on any atom is 0.0359 e. The number of likely N-dealkylation sites (tertiary alicyclic amines) is 1. The molecule has 2 N–H and O–H groups in total. The van der Waals surface area contributed by atoms with Gasteiger partial charge in [0.05, 0.1) is 0 Å². The minimum absolute atomic E-state index is 0.292. The van der Waals surface area contributed by atoms with Crippen molar-refractivity contribution in [1.82, 2.24) is 9.80 Å². The molecule has 3 atom stereocenters. The molecule has 0 aromatic heterocycles. The molecule has 0 spiro atoms. The van der Waals surface area contributed by atoms with Crippen molar-refractivity contribution in [3.63, 3.8) is 0 Å². The quantitative estimate of drug-likeness (QED) is 0.859. The van der Waals surface area contributed by atoms with Crippen LogP contribution in [0.15, 0.2) is 0 Å². The lowest BCUT2D eigenvalue weighted by Crippen LogP contribution is -2.62. The highest BCUT2D eigenvalue weighted by Gasteiger charge is 2.45. The van der Waals surface area contributed by atoms with Gasteiger partial charge in [0.1, 0.15) is 0 Å². The summed E-state index contributed by atoms with van der Waals surface area (Å²) in [6.45, 7) is 9.47. The van der Waals surface area contributed by atoms with Crippen LogP contribution >= 0.6 is 0 Å².